The maximum absolute atomic E-state index is 6.03. The van der Waals surface area contributed by atoms with E-state index in [1.54, 1.807) is 7.11 Å². The zero-order valence-corrected chi connectivity index (χ0v) is 13.9. The monoisotopic (exact) mass is 311 g/mol. The number of hydrogen-bond acceptors (Lipinski definition) is 4. The first-order valence-corrected chi connectivity index (χ1v) is 7.87. The third-order valence-corrected chi connectivity index (χ3v) is 5.09. The van der Waals surface area contributed by atoms with E-state index in [-0.39, 0.29) is 11.6 Å². The van der Waals surface area contributed by atoms with E-state index in [0.717, 1.165) is 31.2 Å². The minimum atomic E-state index is -0.110. The van der Waals surface area contributed by atoms with Gasteiger partial charge in [-0.2, -0.15) is 0 Å². The number of ether oxygens (including phenoxy) is 1. The van der Waals surface area contributed by atoms with Crippen LogP contribution in [0.5, 0.6) is 0 Å². The van der Waals surface area contributed by atoms with Crippen LogP contribution in [0.2, 0.25) is 5.02 Å². The van der Waals surface area contributed by atoms with Crippen LogP contribution in [-0.4, -0.2) is 56.4 Å². The number of nitrogens with zero attached hydrogens (tertiary/aromatic N) is 2. The summed E-state index contributed by atoms with van der Waals surface area (Å²) < 4.78 is 5.53. The molecule has 4 nitrogen and oxygen atoms in total. The maximum Gasteiger partial charge on any atom is 0.0736 e. The molecule has 1 fully saturated rings. The van der Waals surface area contributed by atoms with Crippen molar-refractivity contribution in [1.29, 1.82) is 0 Å². The summed E-state index contributed by atoms with van der Waals surface area (Å²) >= 11 is 5.95. The SMILES string of the molecule is COC(C)C(C)(CN)N1CCN(c2ccc(Cl)cc2)CC1. The number of halogens is 1. The molecule has 21 heavy (non-hydrogen) atoms. The van der Waals surface area contributed by atoms with Gasteiger partial charge >= 0.3 is 0 Å². The number of benzene rings is 1. The molecule has 2 N–H and O–H groups in total. The molecule has 0 aromatic heterocycles. The molecule has 118 valence electrons. The Morgan fingerprint density at radius 3 is 2.29 bits per heavy atom. The molecule has 2 rings (SSSR count). The van der Waals surface area contributed by atoms with Crippen molar-refractivity contribution in [2.45, 2.75) is 25.5 Å². The van der Waals surface area contributed by atoms with E-state index in [4.69, 9.17) is 22.1 Å². The second kappa shape index (κ2) is 6.97. The van der Waals surface area contributed by atoms with Crippen molar-refractivity contribution in [2.24, 2.45) is 5.73 Å². The zero-order chi connectivity index (χ0) is 15.5. The Labute approximate surface area is 132 Å². The van der Waals surface area contributed by atoms with Crippen molar-refractivity contribution < 1.29 is 4.74 Å². The second-order valence-corrected chi connectivity index (χ2v) is 6.33. The highest BCUT2D eigenvalue weighted by Crippen LogP contribution is 2.25. The van der Waals surface area contributed by atoms with Gasteiger partial charge in [-0.05, 0) is 38.1 Å². The first-order valence-electron chi connectivity index (χ1n) is 7.49. The lowest BCUT2D eigenvalue weighted by Gasteiger charge is -2.48. The summed E-state index contributed by atoms with van der Waals surface area (Å²) in [6.45, 7) is 8.86. The predicted molar refractivity (Wildman–Crippen MR) is 89.2 cm³/mol. The molecule has 5 heteroatoms. The van der Waals surface area contributed by atoms with Gasteiger partial charge in [-0.3, -0.25) is 4.90 Å². The quantitative estimate of drug-likeness (QED) is 0.905. The lowest BCUT2D eigenvalue weighted by molar-refractivity contribution is -0.0333. The van der Waals surface area contributed by atoms with E-state index in [0.29, 0.717) is 6.54 Å². The molecule has 2 unspecified atom stereocenters. The Kier molecular flexibility index (Phi) is 5.49. The predicted octanol–water partition coefficient (Wildman–Crippen LogP) is 2.21. The summed E-state index contributed by atoms with van der Waals surface area (Å²) in [6, 6.07) is 8.05. The van der Waals surface area contributed by atoms with Crippen LogP contribution in [-0.2, 0) is 4.74 Å². The van der Waals surface area contributed by atoms with Gasteiger partial charge < -0.3 is 15.4 Å². The van der Waals surface area contributed by atoms with Crippen LogP contribution in [0.4, 0.5) is 5.69 Å². The second-order valence-electron chi connectivity index (χ2n) is 5.89. The summed E-state index contributed by atoms with van der Waals surface area (Å²) in [5.74, 6) is 0. The van der Waals surface area contributed by atoms with Crippen molar-refractivity contribution in [3.8, 4) is 0 Å². The number of methoxy groups -OCH3 is 1. The molecule has 0 aliphatic carbocycles. The fourth-order valence-corrected chi connectivity index (χ4v) is 3.06. The molecule has 1 heterocycles. The lowest BCUT2D eigenvalue weighted by atomic mass is 9.92. The summed E-state index contributed by atoms with van der Waals surface area (Å²) in [7, 11) is 1.75. The number of anilines is 1. The number of piperazine rings is 1. The van der Waals surface area contributed by atoms with Gasteiger partial charge in [0.15, 0.2) is 0 Å². The average molecular weight is 312 g/mol. The molecule has 1 saturated heterocycles. The van der Waals surface area contributed by atoms with Gasteiger partial charge in [0.2, 0.25) is 0 Å². The summed E-state index contributed by atoms with van der Waals surface area (Å²) in [5.41, 5.74) is 7.15. The molecule has 1 aliphatic rings. The Balaban J connectivity index is 2.00. The lowest BCUT2D eigenvalue weighted by Crippen LogP contribution is -2.63. The van der Waals surface area contributed by atoms with Gasteiger partial charge in [-0.1, -0.05) is 11.6 Å². The number of nitrogens with two attached hydrogens (primary N) is 1. The summed E-state index contributed by atoms with van der Waals surface area (Å²) in [6.07, 6.45) is 0.115. The molecule has 0 bridgehead atoms. The van der Waals surface area contributed by atoms with Crippen LogP contribution in [0.3, 0.4) is 0 Å². The molecule has 0 amide bonds. The standard InChI is InChI=1S/C16H26ClN3O/c1-13(21-3)16(2,12-18)20-10-8-19(9-11-20)15-6-4-14(17)5-7-15/h4-7,13H,8-12,18H2,1-3H3. The topological polar surface area (TPSA) is 41.7 Å². The Bertz CT molecular complexity index is 445. The summed E-state index contributed by atoms with van der Waals surface area (Å²) in [4.78, 5) is 4.84. The Hall–Kier alpha value is -0.810. The number of rotatable bonds is 5. The minimum absolute atomic E-state index is 0.110. The molecule has 1 aromatic carbocycles. The van der Waals surface area contributed by atoms with E-state index in [9.17, 15) is 0 Å². The molecule has 2 atom stereocenters. The average Bonchev–Trinajstić information content (AvgIpc) is 2.54. The van der Waals surface area contributed by atoms with E-state index >= 15 is 0 Å². The molecule has 0 spiro atoms. The van der Waals surface area contributed by atoms with Crippen molar-refractivity contribution in [1.82, 2.24) is 4.90 Å². The molecule has 1 aliphatic heterocycles. The van der Waals surface area contributed by atoms with Gasteiger partial charge in [0.1, 0.15) is 0 Å². The van der Waals surface area contributed by atoms with Gasteiger partial charge in [-0.25, -0.2) is 0 Å². The first kappa shape index (κ1) is 16.6. The van der Waals surface area contributed by atoms with Crippen LogP contribution in [0, 0.1) is 0 Å². The third kappa shape index (κ3) is 3.51. The normalized spacial score (nSPS) is 21.1. The van der Waals surface area contributed by atoms with Crippen LogP contribution in [0.15, 0.2) is 24.3 Å². The first-order chi connectivity index (χ1) is 10.0. The third-order valence-electron chi connectivity index (χ3n) is 4.84. The van der Waals surface area contributed by atoms with Crippen LogP contribution in [0.25, 0.3) is 0 Å². The number of hydrogen-bond donors (Lipinski definition) is 1. The van der Waals surface area contributed by atoms with E-state index in [2.05, 4.69) is 35.8 Å². The molecule has 1 aromatic rings. The van der Waals surface area contributed by atoms with E-state index in [1.165, 1.54) is 5.69 Å². The van der Waals surface area contributed by atoms with Crippen molar-refractivity contribution in [3.63, 3.8) is 0 Å². The van der Waals surface area contributed by atoms with Crippen LogP contribution >= 0.6 is 11.6 Å². The van der Waals surface area contributed by atoms with Crippen LogP contribution in [0.1, 0.15) is 13.8 Å². The van der Waals surface area contributed by atoms with Gasteiger partial charge in [0.05, 0.1) is 11.6 Å². The highest BCUT2D eigenvalue weighted by Gasteiger charge is 2.38. The van der Waals surface area contributed by atoms with Gasteiger partial charge in [0.25, 0.3) is 0 Å². The van der Waals surface area contributed by atoms with E-state index in [1.807, 2.05) is 12.1 Å². The summed E-state index contributed by atoms with van der Waals surface area (Å²) in [5, 5.41) is 0.780. The molecular weight excluding hydrogens is 286 g/mol. The highest BCUT2D eigenvalue weighted by molar-refractivity contribution is 6.30. The van der Waals surface area contributed by atoms with Gasteiger partial charge in [-0.15, -0.1) is 0 Å². The highest BCUT2D eigenvalue weighted by atomic mass is 35.5. The maximum atomic E-state index is 6.03. The molecule has 0 radical (unpaired) electrons. The smallest absolute Gasteiger partial charge is 0.0736 e. The fraction of sp³-hybridized carbons (Fsp3) is 0.625. The zero-order valence-electron chi connectivity index (χ0n) is 13.2. The van der Waals surface area contributed by atoms with Crippen LogP contribution < -0.4 is 10.6 Å². The van der Waals surface area contributed by atoms with Crippen molar-refractivity contribution in [2.75, 3.05) is 44.7 Å². The fourth-order valence-electron chi connectivity index (χ4n) is 2.93. The van der Waals surface area contributed by atoms with E-state index < -0.39 is 0 Å². The largest absolute Gasteiger partial charge is 0.380 e. The Morgan fingerprint density at radius 1 is 1.24 bits per heavy atom. The Morgan fingerprint density at radius 2 is 1.81 bits per heavy atom. The van der Waals surface area contributed by atoms with Crippen molar-refractivity contribution >= 4 is 17.3 Å². The van der Waals surface area contributed by atoms with Crippen molar-refractivity contribution in [3.05, 3.63) is 29.3 Å². The molecule has 0 saturated carbocycles. The molecular formula is C16H26ClN3O. The van der Waals surface area contributed by atoms with Gasteiger partial charge in [0, 0.05) is 50.5 Å². The minimum Gasteiger partial charge on any atom is -0.380 e.